The lowest BCUT2D eigenvalue weighted by atomic mass is 10.1. The molecular formula is C13H6ClF4N3. The van der Waals surface area contributed by atoms with Gasteiger partial charge < -0.3 is 5.32 Å². The summed E-state index contributed by atoms with van der Waals surface area (Å²) >= 11 is 5.53. The zero-order valence-electron chi connectivity index (χ0n) is 10.2. The number of alkyl halides is 3. The summed E-state index contributed by atoms with van der Waals surface area (Å²) in [6, 6.07) is 5.38. The fourth-order valence-electron chi connectivity index (χ4n) is 1.60. The lowest BCUT2D eigenvalue weighted by molar-refractivity contribution is -0.137. The number of hydrogen-bond donors (Lipinski definition) is 1. The Hall–Kier alpha value is -2.33. The van der Waals surface area contributed by atoms with Crippen molar-refractivity contribution in [1.82, 2.24) is 4.98 Å². The molecule has 1 N–H and O–H groups in total. The van der Waals surface area contributed by atoms with E-state index in [1.54, 1.807) is 0 Å². The van der Waals surface area contributed by atoms with Crippen molar-refractivity contribution in [1.29, 1.82) is 5.26 Å². The van der Waals surface area contributed by atoms with E-state index >= 15 is 0 Å². The Morgan fingerprint density at radius 3 is 2.52 bits per heavy atom. The summed E-state index contributed by atoms with van der Waals surface area (Å²) in [7, 11) is 0. The molecule has 0 amide bonds. The van der Waals surface area contributed by atoms with Crippen LogP contribution in [0.4, 0.5) is 29.1 Å². The van der Waals surface area contributed by atoms with Crippen LogP contribution in [0.25, 0.3) is 0 Å². The van der Waals surface area contributed by atoms with Crippen molar-refractivity contribution >= 4 is 23.1 Å². The Labute approximate surface area is 121 Å². The Bertz CT molecular complexity index is 722. The Kier molecular flexibility index (Phi) is 4.00. The molecule has 0 aliphatic carbocycles. The summed E-state index contributed by atoms with van der Waals surface area (Å²) in [5.74, 6) is -1.07. The van der Waals surface area contributed by atoms with E-state index in [1.165, 1.54) is 12.1 Å². The largest absolute Gasteiger partial charge is 0.417 e. The molecule has 0 spiro atoms. The fourth-order valence-corrected chi connectivity index (χ4v) is 1.74. The number of pyridine rings is 1. The Balaban J connectivity index is 2.40. The molecule has 8 heteroatoms. The monoisotopic (exact) mass is 315 g/mol. The quantitative estimate of drug-likeness (QED) is 0.830. The number of nitrogens with one attached hydrogen (secondary N) is 1. The van der Waals surface area contributed by atoms with E-state index in [4.69, 9.17) is 16.9 Å². The van der Waals surface area contributed by atoms with Crippen molar-refractivity contribution in [3.05, 3.63) is 52.4 Å². The van der Waals surface area contributed by atoms with Crippen LogP contribution in [-0.4, -0.2) is 4.98 Å². The SMILES string of the molecule is N#Cc1ccc(Nc2ncc(Cl)cc2F)cc1C(F)(F)F. The molecule has 0 fully saturated rings. The molecule has 1 heterocycles. The average Bonchev–Trinajstić information content (AvgIpc) is 2.41. The zero-order valence-corrected chi connectivity index (χ0v) is 10.9. The highest BCUT2D eigenvalue weighted by atomic mass is 35.5. The van der Waals surface area contributed by atoms with E-state index < -0.39 is 23.1 Å². The molecule has 0 radical (unpaired) electrons. The van der Waals surface area contributed by atoms with Crippen LogP contribution in [0.15, 0.2) is 30.5 Å². The third-order valence-corrected chi connectivity index (χ3v) is 2.72. The topological polar surface area (TPSA) is 48.7 Å². The molecule has 0 saturated heterocycles. The molecule has 21 heavy (non-hydrogen) atoms. The number of halogens is 5. The smallest absolute Gasteiger partial charge is 0.338 e. The number of anilines is 2. The first kappa shape index (κ1) is 15.1. The van der Waals surface area contributed by atoms with E-state index in [0.29, 0.717) is 6.07 Å². The summed E-state index contributed by atoms with van der Waals surface area (Å²) in [4.78, 5) is 3.64. The average molecular weight is 316 g/mol. The van der Waals surface area contributed by atoms with Crippen molar-refractivity contribution in [2.24, 2.45) is 0 Å². The van der Waals surface area contributed by atoms with Crippen LogP contribution < -0.4 is 5.32 Å². The molecule has 3 nitrogen and oxygen atoms in total. The van der Waals surface area contributed by atoms with Crippen molar-refractivity contribution in [2.75, 3.05) is 5.32 Å². The number of nitrogens with zero attached hydrogens (tertiary/aromatic N) is 2. The minimum absolute atomic E-state index is 0.0463. The predicted molar refractivity (Wildman–Crippen MR) is 68.6 cm³/mol. The summed E-state index contributed by atoms with van der Waals surface area (Å²) in [5, 5.41) is 11.2. The molecule has 0 unspecified atom stereocenters. The maximum atomic E-state index is 13.5. The van der Waals surface area contributed by atoms with Crippen molar-refractivity contribution < 1.29 is 17.6 Å². The molecule has 2 rings (SSSR count). The van der Waals surface area contributed by atoms with E-state index in [1.807, 2.05) is 0 Å². The summed E-state index contributed by atoms with van der Waals surface area (Å²) in [5.41, 5.74) is -1.67. The zero-order chi connectivity index (χ0) is 15.6. The van der Waals surface area contributed by atoms with Crippen LogP contribution >= 0.6 is 11.6 Å². The first-order valence-electron chi connectivity index (χ1n) is 5.50. The van der Waals surface area contributed by atoms with Crippen LogP contribution in [-0.2, 0) is 6.18 Å². The van der Waals surface area contributed by atoms with Crippen molar-refractivity contribution in [3.8, 4) is 6.07 Å². The second kappa shape index (κ2) is 5.58. The van der Waals surface area contributed by atoms with Gasteiger partial charge in [-0.05, 0) is 24.3 Å². The molecule has 0 atom stereocenters. The first-order valence-corrected chi connectivity index (χ1v) is 5.88. The standard InChI is InChI=1S/C13H6ClF4N3/c14-8-3-11(15)12(20-6-8)21-9-2-1-7(5-19)10(4-9)13(16,17)18/h1-4,6H,(H,20,21). The van der Waals surface area contributed by atoms with Gasteiger partial charge in [0.1, 0.15) is 0 Å². The second-order valence-corrected chi connectivity index (χ2v) is 4.42. The molecule has 1 aromatic heterocycles. The van der Waals surface area contributed by atoms with E-state index in [-0.39, 0.29) is 16.5 Å². The van der Waals surface area contributed by atoms with Gasteiger partial charge in [0.15, 0.2) is 11.6 Å². The van der Waals surface area contributed by atoms with E-state index in [2.05, 4.69) is 10.3 Å². The van der Waals surface area contributed by atoms with Gasteiger partial charge in [-0.2, -0.15) is 18.4 Å². The third kappa shape index (κ3) is 3.41. The van der Waals surface area contributed by atoms with Crippen LogP contribution in [0.3, 0.4) is 0 Å². The van der Waals surface area contributed by atoms with Crippen LogP contribution in [0.1, 0.15) is 11.1 Å². The van der Waals surface area contributed by atoms with Crippen LogP contribution in [0.2, 0.25) is 5.02 Å². The molecule has 0 aliphatic rings. The number of nitriles is 1. The van der Waals surface area contributed by atoms with Gasteiger partial charge in [0.25, 0.3) is 0 Å². The van der Waals surface area contributed by atoms with Gasteiger partial charge in [-0.3, -0.25) is 0 Å². The number of aromatic nitrogens is 1. The number of benzene rings is 1. The third-order valence-electron chi connectivity index (χ3n) is 2.52. The minimum Gasteiger partial charge on any atom is -0.338 e. The van der Waals surface area contributed by atoms with Gasteiger partial charge in [-0.1, -0.05) is 11.6 Å². The summed E-state index contributed by atoms with van der Waals surface area (Å²) in [6.45, 7) is 0. The highest BCUT2D eigenvalue weighted by molar-refractivity contribution is 6.30. The van der Waals surface area contributed by atoms with Crippen LogP contribution in [0, 0.1) is 17.1 Å². The van der Waals surface area contributed by atoms with Gasteiger partial charge in [0.2, 0.25) is 0 Å². The van der Waals surface area contributed by atoms with E-state index in [0.717, 1.165) is 18.3 Å². The van der Waals surface area contributed by atoms with Gasteiger partial charge in [0, 0.05) is 11.9 Å². The summed E-state index contributed by atoms with van der Waals surface area (Å²) in [6.07, 6.45) is -3.53. The Morgan fingerprint density at radius 1 is 1.24 bits per heavy atom. The normalized spacial score (nSPS) is 11.0. The summed E-state index contributed by atoms with van der Waals surface area (Å²) < 4.78 is 51.9. The van der Waals surface area contributed by atoms with E-state index in [9.17, 15) is 17.6 Å². The molecule has 108 valence electrons. The molecule has 0 saturated carbocycles. The number of rotatable bonds is 2. The highest BCUT2D eigenvalue weighted by Gasteiger charge is 2.33. The minimum atomic E-state index is -4.69. The predicted octanol–water partition coefficient (Wildman–Crippen LogP) is 4.51. The molecule has 2 aromatic rings. The van der Waals surface area contributed by atoms with Crippen molar-refractivity contribution in [3.63, 3.8) is 0 Å². The van der Waals surface area contributed by atoms with Gasteiger partial charge in [-0.15, -0.1) is 0 Å². The maximum absolute atomic E-state index is 13.5. The molecule has 0 aliphatic heterocycles. The number of hydrogen-bond acceptors (Lipinski definition) is 3. The highest BCUT2D eigenvalue weighted by Crippen LogP contribution is 2.34. The lowest BCUT2D eigenvalue weighted by Gasteiger charge is -2.12. The van der Waals surface area contributed by atoms with Crippen LogP contribution in [0.5, 0.6) is 0 Å². The lowest BCUT2D eigenvalue weighted by Crippen LogP contribution is -2.08. The van der Waals surface area contributed by atoms with Gasteiger partial charge in [0.05, 0.1) is 22.2 Å². The Morgan fingerprint density at radius 2 is 1.95 bits per heavy atom. The maximum Gasteiger partial charge on any atom is 0.417 e. The fraction of sp³-hybridized carbons (Fsp3) is 0.0769. The first-order chi connectivity index (χ1) is 9.81. The molecular weight excluding hydrogens is 310 g/mol. The van der Waals surface area contributed by atoms with Gasteiger partial charge in [-0.25, -0.2) is 9.37 Å². The second-order valence-electron chi connectivity index (χ2n) is 3.98. The van der Waals surface area contributed by atoms with Gasteiger partial charge >= 0.3 is 6.18 Å². The molecule has 0 bridgehead atoms. The van der Waals surface area contributed by atoms with Crippen molar-refractivity contribution in [2.45, 2.75) is 6.18 Å². The molecule has 1 aromatic carbocycles.